The number of hydrogen-bond donors (Lipinski definition) is 3. The van der Waals surface area contributed by atoms with Crippen LogP contribution in [-0.4, -0.2) is 41.2 Å². The molecule has 0 aliphatic carbocycles. The summed E-state index contributed by atoms with van der Waals surface area (Å²) < 4.78 is 6.17. The minimum Gasteiger partial charge on any atom is -0.490 e. The van der Waals surface area contributed by atoms with Gasteiger partial charge < -0.3 is 15.2 Å². The Morgan fingerprint density at radius 1 is 1.26 bits per heavy atom. The number of nitrogens with zero attached hydrogens (tertiary/aromatic N) is 1. The second-order valence-electron chi connectivity index (χ2n) is 9.92. The van der Waals surface area contributed by atoms with Gasteiger partial charge in [0, 0.05) is 12.7 Å². The number of rotatable bonds is 11. The summed E-state index contributed by atoms with van der Waals surface area (Å²) in [5.41, 5.74) is 3.99. The summed E-state index contributed by atoms with van der Waals surface area (Å²) >= 11 is 0. The highest BCUT2D eigenvalue weighted by molar-refractivity contribution is 5.96. The van der Waals surface area contributed by atoms with E-state index in [1.165, 1.54) is 0 Å². The van der Waals surface area contributed by atoms with E-state index in [1.54, 1.807) is 6.20 Å². The normalized spacial score (nSPS) is 16.1. The molecule has 2 atom stereocenters. The van der Waals surface area contributed by atoms with Crippen LogP contribution in [0.5, 0.6) is 5.75 Å². The molecule has 1 aliphatic rings. The number of carbonyl (C=O) groups excluding carboxylic acids is 1. The Balaban J connectivity index is 1.49. The number of amides is 1. The molecule has 0 bridgehead atoms. The van der Waals surface area contributed by atoms with Crippen LogP contribution < -0.4 is 15.5 Å². The van der Waals surface area contributed by atoms with Crippen LogP contribution in [0.15, 0.2) is 42.6 Å². The van der Waals surface area contributed by atoms with Gasteiger partial charge in [0.15, 0.2) is 0 Å². The molecule has 3 rings (SSSR count). The van der Waals surface area contributed by atoms with Crippen LogP contribution in [0.1, 0.15) is 51.2 Å². The summed E-state index contributed by atoms with van der Waals surface area (Å²) in [6, 6.07) is 11.5. The van der Waals surface area contributed by atoms with Crippen molar-refractivity contribution in [2.45, 2.75) is 59.0 Å². The van der Waals surface area contributed by atoms with Gasteiger partial charge in [-0.25, -0.2) is 10.5 Å². The zero-order valence-corrected chi connectivity index (χ0v) is 20.2. The van der Waals surface area contributed by atoms with E-state index in [0.717, 1.165) is 54.9 Å². The Morgan fingerprint density at radius 2 is 2.09 bits per heavy atom. The summed E-state index contributed by atoms with van der Waals surface area (Å²) in [5, 5.41) is 12.9. The topological polar surface area (TPSA) is 110 Å². The average molecular weight is 470 g/mol. The van der Waals surface area contributed by atoms with Crippen molar-refractivity contribution < 1.29 is 24.3 Å². The van der Waals surface area contributed by atoms with Crippen LogP contribution in [0.25, 0.3) is 0 Å². The summed E-state index contributed by atoms with van der Waals surface area (Å²) in [6.45, 7) is 7.02. The molecule has 1 aromatic carbocycles. The quantitative estimate of drug-likeness (QED) is 0.259. The van der Waals surface area contributed by atoms with E-state index < -0.39 is 17.8 Å². The van der Waals surface area contributed by atoms with E-state index in [-0.39, 0.29) is 17.9 Å². The van der Waals surface area contributed by atoms with Crippen LogP contribution in [0.4, 0.5) is 5.82 Å². The fourth-order valence-electron chi connectivity index (χ4n) is 3.76. The Kier molecular flexibility index (Phi) is 8.87. The largest absolute Gasteiger partial charge is 0.490 e. The van der Waals surface area contributed by atoms with Gasteiger partial charge in [0.1, 0.15) is 17.5 Å². The molecule has 0 saturated carbocycles. The van der Waals surface area contributed by atoms with Crippen molar-refractivity contribution >= 4 is 17.7 Å². The van der Waals surface area contributed by atoms with E-state index in [9.17, 15) is 14.7 Å². The maximum Gasteiger partial charge on any atom is 0.316 e. The van der Waals surface area contributed by atoms with E-state index in [1.807, 2.05) is 57.2 Å². The standard InChI is InChI=1S/C26H35N3O5/c1-26(2,3)17-33-29-24(30)21(25(31)32)16-18-9-12-22-19(15-18)10-11-20(34-22)7-6-14-28-23-8-4-5-13-27-23/h4-5,8-9,12-13,15,20-21H,6-7,10-11,14,16-17H2,1-3H3,(H,27,28)(H,29,30)(H,31,32)/t20-,21+/m1/s1. The number of anilines is 1. The number of carbonyl (C=O) groups is 2. The zero-order valence-electron chi connectivity index (χ0n) is 20.2. The number of fused-ring (bicyclic) bond motifs is 1. The Hall–Kier alpha value is -3.13. The van der Waals surface area contributed by atoms with Crippen molar-refractivity contribution in [1.82, 2.24) is 10.5 Å². The van der Waals surface area contributed by atoms with Gasteiger partial charge in [-0.3, -0.25) is 14.4 Å². The molecule has 0 spiro atoms. The molecule has 8 heteroatoms. The monoisotopic (exact) mass is 469 g/mol. The summed E-state index contributed by atoms with van der Waals surface area (Å²) in [5.74, 6) is -1.33. The molecule has 0 fully saturated rings. The molecule has 0 radical (unpaired) electrons. The second-order valence-corrected chi connectivity index (χ2v) is 9.92. The smallest absolute Gasteiger partial charge is 0.316 e. The average Bonchev–Trinajstić information content (AvgIpc) is 2.79. The molecule has 0 unspecified atom stereocenters. The van der Waals surface area contributed by atoms with Gasteiger partial charge in [0.25, 0.3) is 5.91 Å². The Bertz CT molecular complexity index is 959. The highest BCUT2D eigenvalue weighted by Crippen LogP contribution is 2.30. The molecule has 1 aliphatic heterocycles. The lowest BCUT2D eigenvalue weighted by Crippen LogP contribution is -2.38. The molecule has 0 saturated heterocycles. The number of aromatic nitrogens is 1. The lowest BCUT2D eigenvalue weighted by atomic mass is 9.93. The van der Waals surface area contributed by atoms with Crippen LogP contribution in [0, 0.1) is 11.3 Å². The number of nitrogens with one attached hydrogen (secondary N) is 2. The fraction of sp³-hybridized carbons (Fsp3) is 0.500. The first-order valence-electron chi connectivity index (χ1n) is 11.8. The van der Waals surface area contributed by atoms with Gasteiger partial charge in [-0.1, -0.05) is 39.0 Å². The first-order valence-corrected chi connectivity index (χ1v) is 11.8. The van der Waals surface area contributed by atoms with Gasteiger partial charge in [0.2, 0.25) is 0 Å². The first kappa shape index (κ1) is 25.5. The molecule has 184 valence electrons. The number of hydrogen-bond acceptors (Lipinski definition) is 6. The molecule has 3 N–H and O–H groups in total. The summed E-state index contributed by atoms with van der Waals surface area (Å²) in [7, 11) is 0. The van der Waals surface area contributed by atoms with Crippen molar-refractivity contribution in [2.75, 3.05) is 18.5 Å². The number of carboxylic acid groups (broad SMARTS) is 1. The van der Waals surface area contributed by atoms with Crippen LogP contribution in [-0.2, 0) is 27.3 Å². The molecule has 2 aromatic rings. The fourth-order valence-corrected chi connectivity index (χ4v) is 3.76. The van der Waals surface area contributed by atoms with E-state index in [2.05, 4.69) is 15.8 Å². The molecule has 1 aromatic heterocycles. The number of benzene rings is 1. The number of aryl methyl sites for hydroxylation is 1. The highest BCUT2D eigenvalue weighted by Gasteiger charge is 2.28. The van der Waals surface area contributed by atoms with Crippen LogP contribution in [0.2, 0.25) is 0 Å². The number of ether oxygens (including phenoxy) is 1. The lowest BCUT2D eigenvalue weighted by Gasteiger charge is -2.27. The van der Waals surface area contributed by atoms with Crippen molar-refractivity contribution in [3.63, 3.8) is 0 Å². The number of carboxylic acids is 1. The van der Waals surface area contributed by atoms with E-state index in [4.69, 9.17) is 9.57 Å². The maximum absolute atomic E-state index is 12.4. The van der Waals surface area contributed by atoms with Crippen LogP contribution in [0.3, 0.4) is 0 Å². The van der Waals surface area contributed by atoms with Gasteiger partial charge >= 0.3 is 5.97 Å². The third-order valence-electron chi connectivity index (χ3n) is 5.56. The molecule has 1 amide bonds. The molecular weight excluding hydrogens is 434 g/mol. The van der Waals surface area contributed by atoms with Gasteiger partial charge in [0.05, 0.1) is 12.7 Å². The number of pyridine rings is 1. The molecular formula is C26H35N3O5. The molecule has 2 heterocycles. The van der Waals surface area contributed by atoms with E-state index in [0.29, 0.717) is 6.61 Å². The maximum atomic E-state index is 12.4. The molecule has 8 nitrogen and oxygen atoms in total. The van der Waals surface area contributed by atoms with Crippen LogP contribution >= 0.6 is 0 Å². The second kappa shape index (κ2) is 11.8. The minimum absolute atomic E-state index is 0.0932. The number of hydroxylamine groups is 1. The predicted molar refractivity (Wildman–Crippen MR) is 130 cm³/mol. The highest BCUT2D eigenvalue weighted by atomic mass is 16.7. The first-order chi connectivity index (χ1) is 16.2. The number of aliphatic carboxylic acids is 1. The van der Waals surface area contributed by atoms with Gasteiger partial charge in [-0.2, -0.15) is 0 Å². The minimum atomic E-state index is -1.22. The molecule has 34 heavy (non-hydrogen) atoms. The van der Waals surface area contributed by atoms with Crippen molar-refractivity contribution in [2.24, 2.45) is 11.3 Å². The van der Waals surface area contributed by atoms with Gasteiger partial charge in [-0.15, -0.1) is 0 Å². The van der Waals surface area contributed by atoms with Crippen molar-refractivity contribution in [3.8, 4) is 5.75 Å². The van der Waals surface area contributed by atoms with Crippen molar-refractivity contribution in [1.29, 1.82) is 0 Å². The third-order valence-corrected chi connectivity index (χ3v) is 5.56. The SMILES string of the molecule is CC(C)(C)CONC(=O)[C@H](Cc1ccc2c(c1)CC[C@@H](CCCNc1ccccn1)O2)C(=O)O. The summed E-state index contributed by atoms with van der Waals surface area (Å²) in [4.78, 5) is 33.5. The summed E-state index contributed by atoms with van der Waals surface area (Å²) in [6.07, 6.45) is 5.70. The zero-order chi connectivity index (χ0) is 24.6. The Morgan fingerprint density at radius 3 is 2.79 bits per heavy atom. The third kappa shape index (κ3) is 8.02. The van der Waals surface area contributed by atoms with Gasteiger partial charge in [-0.05, 0) is 66.8 Å². The van der Waals surface area contributed by atoms with Crippen molar-refractivity contribution in [3.05, 3.63) is 53.7 Å². The Labute approximate surface area is 201 Å². The lowest BCUT2D eigenvalue weighted by molar-refractivity contribution is -0.153. The predicted octanol–water partition coefficient (Wildman–Crippen LogP) is 4.00. The van der Waals surface area contributed by atoms with E-state index >= 15 is 0 Å².